The normalized spacial score (nSPS) is 14.2. The molecule has 0 unspecified atom stereocenters. The minimum absolute atomic E-state index is 0.123. The second kappa shape index (κ2) is 7.82. The van der Waals surface area contributed by atoms with Gasteiger partial charge in [-0.15, -0.1) is 5.10 Å². The van der Waals surface area contributed by atoms with Crippen molar-refractivity contribution < 1.29 is 13.9 Å². The first-order valence-electron chi connectivity index (χ1n) is 9.16. The van der Waals surface area contributed by atoms with Crippen LogP contribution < -0.4 is 9.64 Å². The highest BCUT2D eigenvalue weighted by molar-refractivity contribution is 5.90. The molecule has 3 aromatic rings. The van der Waals surface area contributed by atoms with Crippen LogP contribution >= 0.6 is 0 Å². The Balaban J connectivity index is 1.44. The van der Waals surface area contributed by atoms with Crippen molar-refractivity contribution in [1.82, 2.24) is 29.6 Å². The van der Waals surface area contributed by atoms with Crippen molar-refractivity contribution in [3.8, 4) is 11.6 Å². The van der Waals surface area contributed by atoms with E-state index in [0.717, 1.165) is 0 Å². The average molecular weight is 397 g/mol. The van der Waals surface area contributed by atoms with E-state index in [2.05, 4.69) is 20.1 Å². The zero-order valence-corrected chi connectivity index (χ0v) is 16.1. The summed E-state index contributed by atoms with van der Waals surface area (Å²) in [7, 11) is 1.56. The number of hydrogen-bond acceptors (Lipinski definition) is 7. The maximum Gasteiger partial charge on any atom is 0.293 e. The van der Waals surface area contributed by atoms with Gasteiger partial charge in [0.25, 0.3) is 5.91 Å². The maximum atomic E-state index is 13.1. The Bertz CT molecular complexity index is 1010. The molecule has 1 aliphatic heterocycles. The molecule has 1 saturated heterocycles. The number of halogens is 1. The van der Waals surface area contributed by atoms with Gasteiger partial charge in [-0.3, -0.25) is 4.79 Å². The fourth-order valence-corrected chi connectivity index (χ4v) is 3.16. The van der Waals surface area contributed by atoms with Crippen molar-refractivity contribution in [2.75, 3.05) is 38.2 Å². The predicted molar refractivity (Wildman–Crippen MR) is 103 cm³/mol. The lowest BCUT2D eigenvalue weighted by Gasteiger charge is -2.34. The van der Waals surface area contributed by atoms with Gasteiger partial charge in [0.05, 0.1) is 12.8 Å². The molecule has 1 amide bonds. The summed E-state index contributed by atoms with van der Waals surface area (Å²) in [6.07, 6.45) is 1.65. The van der Waals surface area contributed by atoms with Crippen LogP contribution in [0, 0.1) is 12.7 Å². The van der Waals surface area contributed by atoms with Gasteiger partial charge < -0.3 is 14.5 Å². The zero-order valence-electron chi connectivity index (χ0n) is 16.1. The van der Waals surface area contributed by atoms with E-state index in [1.165, 1.54) is 16.8 Å². The molecule has 0 spiro atoms. The number of methoxy groups -OCH3 is 1. The summed E-state index contributed by atoms with van der Waals surface area (Å²) in [6, 6.07) is 7.57. The SMILES string of the molecule is COc1ccnc(N2CCN(C(=O)c3nc(C)n(-c4ccc(F)cc4)n3)CC2)n1. The lowest BCUT2D eigenvalue weighted by Crippen LogP contribution is -2.49. The van der Waals surface area contributed by atoms with E-state index >= 15 is 0 Å². The summed E-state index contributed by atoms with van der Waals surface area (Å²) < 4.78 is 19.8. The topological polar surface area (TPSA) is 89.3 Å². The number of piperazine rings is 1. The van der Waals surface area contributed by atoms with Gasteiger partial charge in [-0.2, -0.15) is 4.98 Å². The van der Waals surface area contributed by atoms with Crippen LogP contribution in [0.5, 0.6) is 5.88 Å². The Morgan fingerprint density at radius 2 is 1.79 bits per heavy atom. The molecule has 0 radical (unpaired) electrons. The maximum absolute atomic E-state index is 13.1. The molecule has 1 aliphatic rings. The number of carbonyl (C=O) groups is 1. The van der Waals surface area contributed by atoms with Crippen molar-refractivity contribution in [2.24, 2.45) is 0 Å². The quantitative estimate of drug-likeness (QED) is 0.659. The Labute approximate surface area is 166 Å². The van der Waals surface area contributed by atoms with Gasteiger partial charge in [-0.05, 0) is 31.2 Å². The Morgan fingerprint density at radius 3 is 2.48 bits per heavy atom. The van der Waals surface area contributed by atoms with Crippen molar-refractivity contribution in [1.29, 1.82) is 0 Å². The number of nitrogens with zero attached hydrogens (tertiary/aromatic N) is 7. The van der Waals surface area contributed by atoms with Crippen LogP contribution in [0.2, 0.25) is 0 Å². The minimum Gasteiger partial charge on any atom is -0.481 e. The molecular formula is C19H20FN7O2. The molecule has 150 valence electrons. The Morgan fingerprint density at radius 1 is 1.07 bits per heavy atom. The molecule has 9 nitrogen and oxygen atoms in total. The van der Waals surface area contributed by atoms with Gasteiger partial charge in [0.1, 0.15) is 11.6 Å². The van der Waals surface area contributed by atoms with Crippen LogP contribution in [0.4, 0.5) is 10.3 Å². The van der Waals surface area contributed by atoms with E-state index in [1.807, 2.05) is 4.90 Å². The number of amides is 1. The molecule has 10 heteroatoms. The van der Waals surface area contributed by atoms with Crippen molar-refractivity contribution in [3.63, 3.8) is 0 Å². The van der Waals surface area contributed by atoms with Crippen molar-refractivity contribution in [3.05, 3.63) is 54.0 Å². The molecule has 4 rings (SSSR count). The molecule has 3 heterocycles. The third-order valence-corrected chi connectivity index (χ3v) is 4.71. The molecule has 0 saturated carbocycles. The van der Waals surface area contributed by atoms with Crippen LogP contribution in [-0.2, 0) is 0 Å². The highest BCUT2D eigenvalue weighted by Gasteiger charge is 2.26. The first kappa shape index (κ1) is 18.8. The number of carbonyl (C=O) groups excluding carboxylic acids is 1. The van der Waals surface area contributed by atoms with Crippen molar-refractivity contribution >= 4 is 11.9 Å². The molecule has 1 aromatic carbocycles. The van der Waals surface area contributed by atoms with Crippen LogP contribution in [0.1, 0.15) is 16.4 Å². The second-order valence-electron chi connectivity index (χ2n) is 6.55. The Hall–Kier alpha value is -3.56. The third-order valence-electron chi connectivity index (χ3n) is 4.71. The summed E-state index contributed by atoms with van der Waals surface area (Å²) in [5.41, 5.74) is 0.649. The Kier molecular flexibility index (Phi) is 5.07. The predicted octanol–water partition coefficient (Wildman–Crippen LogP) is 1.48. The molecule has 0 bridgehead atoms. The molecule has 1 fully saturated rings. The van der Waals surface area contributed by atoms with E-state index < -0.39 is 0 Å². The fraction of sp³-hybridized carbons (Fsp3) is 0.316. The minimum atomic E-state index is -0.333. The van der Waals surface area contributed by atoms with Gasteiger partial charge in [0.2, 0.25) is 17.7 Å². The lowest BCUT2D eigenvalue weighted by atomic mass is 10.3. The second-order valence-corrected chi connectivity index (χ2v) is 6.55. The monoisotopic (exact) mass is 397 g/mol. The largest absolute Gasteiger partial charge is 0.481 e. The summed E-state index contributed by atoms with van der Waals surface area (Å²) in [5, 5.41) is 4.32. The molecular weight excluding hydrogens is 377 g/mol. The fourth-order valence-electron chi connectivity index (χ4n) is 3.16. The van der Waals surface area contributed by atoms with E-state index in [4.69, 9.17) is 4.74 Å². The van der Waals surface area contributed by atoms with Crippen molar-refractivity contribution in [2.45, 2.75) is 6.92 Å². The number of hydrogen-bond donors (Lipinski definition) is 0. The standard InChI is InChI=1S/C19H20FN7O2/c1-13-22-17(24-27(13)15-5-3-14(20)4-6-15)18(28)25-9-11-26(12-10-25)19-21-8-7-16(23-19)29-2/h3-8H,9-12H2,1-2H3. The summed E-state index contributed by atoms with van der Waals surface area (Å²) in [6.45, 7) is 3.95. The highest BCUT2D eigenvalue weighted by atomic mass is 19.1. The van der Waals surface area contributed by atoms with E-state index in [0.29, 0.717) is 49.5 Å². The van der Waals surface area contributed by atoms with E-state index in [1.54, 1.807) is 43.3 Å². The van der Waals surface area contributed by atoms with Crippen LogP contribution in [-0.4, -0.2) is 68.8 Å². The molecule has 29 heavy (non-hydrogen) atoms. The lowest BCUT2D eigenvalue weighted by molar-refractivity contribution is 0.0734. The number of anilines is 1. The van der Waals surface area contributed by atoms with Gasteiger partial charge >= 0.3 is 0 Å². The van der Waals surface area contributed by atoms with E-state index in [-0.39, 0.29) is 17.5 Å². The van der Waals surface area contributed by atoms with Crippen LogP contribution in [0.3, 0.4) is 0 Å². The highest BCUT2D eigenvalue weighted by Crippen LogP contribution is 2.16. The van der Waals surface area contributed by atoms with Gasteiger partial charge in [-0.25, -0.2) is 19.0 Å². The third kappa shape index (κ3) is 3.86. The molecule has 0 atom stereocenters. The molecule has 0 aliphatic carbocycles. The first-order valence-corrected chi connectivity index (χ1v) is 9.16. The molecule has 0 N–H and O–H groups in total. The first-order chi connectivity index (χ1) is 14.0. The summed E-state index contributed by atoms with van der Waals surface area (Å²) >= 11 is 0. The van der Waals surface area contributed by atoms with Gasteiger partial charge in [0, 0.05) is 38.4 Å². The number of ether oxygens (including phenoxy) is 1. The number of aryl methyl sites for hydroxylation is 1. The van der Waals surface area contributed by atoms with Crippen LogP contribution in [0.25, 0.3) is 5.69 Å². The van der Waals surface area contributed by atoms with E-state index in [9.17, 15) is 9.18 Å². The number of rotatable bonds is 4. The number of benzene rings is 1. The zero-order chi connectivity index (χ0) is 20.4. The number of aromatic nitrogens is 5. The molecule has 2 aromatic heterocycles. The summed E-state index contributed by atoms with van der Waals surface area (Å²) in [4.78, 5) is 29.5. The van der Waals surface area contributed by atoms with Gasteiger partial charge in [-0.1, -0.05) is 0 Å². The smallest absolute Gasteiger partial charge is 0.293 e. The summed E-state index contributed by atoms with van der Waals surface area (Å²) in [5.74, 6) is 1.19. The van der Waals surface area contributed by atoms with Crippen LogP contribution in [0.15, 0.2) is 36.5 Å². The average Bonchev–Trinajstić information content (AvgIpc) is 3.15. The van der Waals surface area contributed by atoms with Gasteiger partial charge in [0.15, 0.2) is 0 Å².